The van der Waals surface area contributed by atoms with Crippen LogP contribution in [0, 0.1) is 12.8 Å². The molecule has 1 aromatic carbocycles. The van der Waals surface area contributed by atoms with Crippen molar-refractivity contribution in [3.8, 4) is 0 Å². The molecule has 1 atom stereocenters. The first kappa shape index (κ1) is 13.1. The van der Waals surface area contributed by atoms with Gasteiger partial charge in [0.2, 0.25) is 0 Å². The molecular formula is C13H18BrCl. The summed E-state index contributed by atoms with van der Waals surface area (Å²) in [6, 6.07) is 6.29. The number of hydrogen-bond donors (Lipinski definition) is 0. The highest BCUT2D eigenvalue weighted by atomic mass is 79.9. The van der Waals surface area contributed by atoms with Gasteiger partial charge in [0.1, 0.15) is 0 Å². The predicted octanol–water partition coefficient (Wildman–Crippen LogP) is 5.00. The molecule has 0 aliphatic rings. The lowest BCUT2D eigenvalue weighted by Gasteiger charge is -2.13. The zero-order valence-electron chi connectivity index (χ0n) is 9.56. The maximum atomic E-state index is 5.98. The summed E-state index contributed by atoms with van der Waals surface area (Å²) in [4.78, 5) is 0.605. The van der Waals surface area contributed by atoms with Crippen molar-refractivity contribution in [1.82, 2.24) is 0 Å². The van der Waals surface area contributed by atoms with E-state index in [0.29, 0.717) is 10.7 Å². The Morgan fingerprint density at radius 3 is 2.53 bits per heavy atom. The van der Waals surface area contributed by atoms with E-state index in [1.807, 2.05) is 6.07 Å². The van der Waals surface area contributed by atoms with Gasteiger partial charge in [0.25, 0.3) is 0 Å². The minimum absolute atomic E-state index is 0.605. The zero-order valence-corrected chi connectivity index (χ0v) is 11.9. The Kier molecular flexibility index (Phi) is 5.14. The average molecular weight is 290 g/mol. The van der Waals surface area contributed by atoms with Crippen LogP contribution in [0.5, 0.6) is 0 Å². The van der Waals surface area contributed by atoms with E-state index in [4.69, 9.17) is 11.6 Å². The van der Waals surface area contributed by atoms with Gasteiger partial charge < -0.3 is 0 Å². The van der Waals surface area contributed by atoms with E-state index in [1.165, 1.54) is 17.5 Å². The highest BCUT2D eigenvalue weighted by molar-refractivity contribution is 9.09. The quantitative estimate of drug-likeness (QED) is 0.684. The van der Waals surface area contributed by atoms with E-state index in [0.717, 1.165) is 11.4 Å². The third kappa shape index (κ3) is 4.16. The topological polar surface area (TPSA) is 0 Å². The summed E-state index contributed by atoms with van der Waals surface area (Å²) in [6.45, 7) is 6.54. The number of hydrogen-bond acceptors (Lipinski definition) is 0. The first-order valence-corrected chi connectivity index (χ1v) is 6.69. The highest BCUT2D eigenvalue weighted by Crippen LogP contribution is 2.21. The van der Waals surface area contributed by atoms with Crippen molar-refractivity contribution >= 4 is 27.5 Å². The molecule has 0 N–H and O–H groups in total. The molecule has 15 heavy (non-hydrogen) atoms. The second kappa shape index (κ2) is 5.91. The van der Waals surface area contributed by atoms with Gasteiger partial charge in [-0.1, -0.05) is 53.5 Å². The van der Waals surface area contributed by atoms with Gasteiger partial charge in [0.05, 0.1) is 0 Å². The first-order chi connectivity index (χ1) is 7.00. The van der Waals surface area contributed by atoms with Crippen LogP contribution in [0.25, 0.3) is 0 Å². The van der Waals surface area contributed by atoms with Crippen LogP contribution in [0.3, 0.4) is 0 Å². The first-order valence-electron chi connectivity index (χ1n) is 5.40. The van der Waals surface area contributed by atoms with E-state index in [2.05, 4.69) is 48.8 Å². The lowest BCUT2D eigenvalue weighted by atomic mass is 10.0. The fourth-order valence-electron chi connectivity index (χ4n) is 1.50. The Hall–Kier alpha value is -0.0100. The van der Waals surface area contributed by atoms with E-state index in [-0.39, 0.29) is 0 Å². The molecule has 1 aromatic rings. The molecule has 84 valence electrons. The number of rotatable bonds is 4. The molecule has 0 saturated heterocycles. The summed E-state index contributed by atoms with van der Waals surface area (Å²) in [5.74, 6) is 0.693. The van der Waals surface area contributed by atoms with Gasteiger partial charge in [-0.05, 0) is 42.9 Å². The summed E-state index contributed by atoms with van der Waals surface area (Å²) < 4.78 is 0. The summed E-state index contributed by atoms with van der Waals surface area (Å²) in [5.41, 5.74) is 2.55. The largest absolute Gasteiger partial charge is 0.0888 e. The Morgan fingerprint density at radius 2 is 2.00 bits per heavy atom. The number of halogens is 2. The third-order valence-corrected chi connectivity index (χ3v) is 4.59. The molecule has 0 aliphatic heterocycles. The minimum atomic E-state index is 0.605. The Labute approximate surface area is 106 Å². The molecule has 0 nitrogen and oxygen atoms in total. The SMILES string of the molecule is Cc1cc(CCC(Br)C(C)C)ccc1Cl. The van der Waals surface area contributed by atoms with E-state index < -0.39 is 0 Å². The Balaban J connectivity index is 2.55. The smallest absolute Gasteiger partial charge is 0.0435 e. The van der Waals surface area contributed by atoms with Gasteiger partial charge in [-0.3, -0.25) is 0 Å². The molecule has 2 heteroatoms. The normalized spacial score (nSPS) is 13.2. The van der Waals surface area contributed by atoms with Crippen molar-refractivity contribution in [2.75, 3.05) is 0 Å². The fraction of sp³-hybridized carbons (Fsp3) is 0.538. The third-order valence-electron chi connectivity index (χ3n) is 2.65. The molecule has 0 aromatic heterocycles. The van der Waals surface area contributed by atoms with Crippen LogP contribution < -0.4 is 0 Å². The van der Waals surface area contributed by atoms with Gasteiger partial charge in [-0.25, -0.2) is 0 Å². The molecular weight excluding hydrogens is 272 g/mol. The van der Waals surface area contributed by atoms with Gasteiger partial charge in [0.15, 0.2) is 0 Å². The second-order valence-electron chi connectivity index (χ2n) is 4.38. The van der Waals surface area contributed by atoms with Crippen molar-refractivity contribution in [1.29, 1.82) is 0 Å². The number of alkyl halides is 1. The Bertz CT molecular complexity index is 320. The predicted molar refractivity (Wildman–Crippen MR) is 72.1 cm³/mol. The van der Waals surface area contributed by atoms with Crippen LogP contribution in [0.2, 0.25) is 5.02 Å². The molecule has 0 spiro atoms. The van der Waals surface area contributed by atoms with Crippen LogP contribution >= 0.6 is 27.5 Å². The highest BCUT2D eigenvalue weighted by Gasteiger charge is 2.09. The lowest BCUT2D eigenvalue weighted by Crippen LogP contribution is -2.08. The lowest BCUT2D eigenvalue weighted by molar-refractivity contribution is 0.582. The molecule has 0 saturated carbocycles. The monoisotopic (exact) mass is 288 g/mol. The summed E-state index contributed by atoms with van der Waals surface area (Å²) in [7, 11) is 0. The molecule has 0 fully saturated rings. The van der Waals surface area contributed by atoms with Gasteiger partial charge in [-0.15, -0.1) is 0 Å². The van der Waals surface area contributed by atoms with Crippen LogP contribution in [0.4, 0.5) is 0 Å². The van der Waals surface area contributed by atoms with E-state index in [1.54, 1.807) is 0 Å². The molecule has 0 heterocycles. The summed E-state index contributed by atoms with van der Waals surface area (Å²) in [6.07, 6.45) is 2.30. The van der Waals surface area contributed by atoms with Crippen molar-refractivity contribution in [3.63, 3.8) is 0 Å². The Morgan fingerprint density at radius 1 is 1.33 bits per heavy atom. The van der Waals surface area contributed by atoms with Crippen LogP contribution in [-0.4, -0.2) is 4.83 Å². The van der Waals surface area contributed by atoms with E-state index in [9.17, 15) is 0 Å². The standard InChI is InChI=1S/C13H18BrCl/c1-9(2)12(14)6-4-11-5-7-13(15)10(3)8-11/h5,7-9,12H,4,6H2,1-3H3. The van der Waals surface area contributed by atoms with Crippen LogP contribution in [-0.2, 0) is 6.42 Å². The number of benzene rings is 1. The minimum Gasteiger partial charge on any atom is -0.0888 e. The molecule has 0 bridgehead atoms. The molecule has 1 unspecified atom stereocenters. The molecule has 0 amide bonds. The zero-order chi connectivity index (χ0) is 11.4. The van der Waals surface area contributed by atoms with Crippen molar-refractivity contribution in [2.24, 2.45) is 5.92 Å². The van der Waals surface area contributed by atoms with Crippen molar-refractivity contribution in [3.05, 3.63) is 34.3 Å². The second-order valence-corrected chi connectivity index (χ2v) is 5.97. The fourth-order valence-corrected chi connectivity index (χ4v) is 1.85. The maximum absolute atomic E-state index is 5.98. The van der Waals surface area contributed by atoms with Crippen LogP contribution in [0.1, 0.15) is 31.4 Å². The molecule has 0 radical (unpaired) electrons. The van der Waals surface area contributed by atoms with Crippen molar-refractivity contribution < 1.29 is 0 Å². The summed E-state index contributed by atoms with van der Waals surface area (Å²) in [5, 5.41) is 0.859. The average Bonchev–Trinajstić information content (AvgIpc) is 2.19. The van der Waals surface area contributed by atoms with Gasteiger partial charge >= 0.3 is 0 Å². The summed E-state index contributed by atoms with van der Waals surface area (Å²) >= 11 is 9.69. The molecule has 1 rings (SSSR count). The van der Waals surface area contributed by atoms with Crippen molar-refractivity contribution in [2.45, 2.75) is 38.4 Å². The van der Waals surface area contributed by atoms with Gasteiger partial charge in [0, 0.05) is 9.85 Å². The van der Waals surface area contributed by atoms with Gasteiger partial charge in [-0.2, -0.15) is 0 Å². The number of aryl methyl sites for hydroxylation is 2. The molecule has 0 aliphatic carbocycles. The van der Waals surface area contributed by atoms with Crippen LogP contribution in [0.15, 0.2) is 18.2 Å². The maximum Gasteiger partial charge on any atom is 0.0435 e. The van der Waals surface area contributed by atoms with E-state index >= 15 is 0 Å².